The first-order valence-electron chi connectivity index (χ1n) is 6.35. The van der Waals surface area contributed by atoms with E-state index in [1.54, 1.807) is 12.1 Å². The van der Waals surface area contributed by atoms with E-state index in [-0.39, 0.29) is 5.69 Å². The highest BCUT2D eigenvalue weighted by Gasteiger charge is 2.20. The standard InChI is InChI=1S/C13H19N3O2/c1-2-16-7-6-10(9-16)8-14-12-5-3-4-11(15-12)13(17)18/h3-5,10H,2,6-9H2,1H3,(H,14,15)(H,17,18). The second-order valence-corrected chi connectivity index (χ2v) is 4.64. The molecule has 1 atom stereocenters. The minimum Gasteiger partial charge on any atom is -0.477 e. The topological polar surface area (TPSA) is 65.5 Å². The molecule has 0 aliphatic carbocycles. The van der Waals surface area contributed by atoms with Crippen LogP contribution in [0.5, 0.6) is 0 Å². The quantitative estimate of drug-likeness (QED) is 0.828. The number of hydrogen-bond acceptors (Lipinski definition) is 4. The van der Waals surface area contributed by atoms with Gasteiger partial charge in [-0.15, -0.1) is 0 Å². The second-order valence-electron chi connectivity index (χ2n) is 4.64. The third kappa shape index (κ3) is 3.20. The van der Waals surface area contributed by atoms with Crippen LogP contribution in [0.3, 0.4) is 0 Å². The van der Waals surface area contributed by atoms with Gasteiger partial charge in [-0.1, -0.05) is 13.0 Å². The van der Waals surface area contributed by atoms with Gasteiger partial charge >= 0.3 is 5.97 Å². The first-order chi connectivity index (χ1) is 8.69. The molecule has 1 fully saturated rings. The zero-order valence-electron chi connectivity index (χ0n) is 10.6. The van der Waals surface area contributed by atoms with Gasteiger partial charge < -0.3 is 15.3 Å². The van der Waals surface area contributed by atoms with E-state index in [1.165, 1.54) is 12.5 Å². The number of likely N-dealkylation sites (tertiary alicyclic amines) is 1. The highest BCUT2D eigenvalue weighted by Crippen LogP contribution is 2.16. The monoisotopic (exact) mass is 249 g/mol. The van der Waals surface area contributed by atoms with Crippen molar-refractivity contribution < 1.29 is 9.90 Å². The summed E-state index contributed by atoms with van der Waals surface area (Å²) in [6.45, 7) is 6.40. The average Bonchev–Trinajstić information content (AvgIpc) is 2.84. The van der Waals surface area contributed by atoms with Crippen LogP contribution in [0, 0.1) is 5.92 Å². The molecular formula is C13H19N3O2. The van der Waals surface area contributed by atoms with Gasteiger partial charge in [-0.3, -0.25) is 0 Å². The number of nitrogens with zero attached hydrogens (tertiary/aromatic N) is 2. The van der Waals surface area contributed by atoms with Crippen molar-refractivity contribution in [2.24, 2.45) is 5.92 Å². The fourth-order valence-corrected chi connectivity index (χ4v) is 2.27. The zero-order chi connectivity index (χ0) is 13.0. The molecule has 2 N–H and O–H groups in total. The fourth-order valence-electron chi connectivity index (χ4n) is 2.27. The van der Waals surface area contributed by atoms with Crippen molar-refractivity contribution in [3.63, 3.8) is 0 Å². The maximum absolute atomic E-state index is 10.8. The van der Waals surface area contributed by atoms with Gasteiger partial charge in [-0.05, 0) is 37.6 Å². The molecule has 1 saturated heterocycles. The average molecular weight is 249 g/mol. The summed E-state index contributed by atoms with van der Waals surface area (Å²) in [4.78, 5) is 17.3. The smallest absolute Gasteiger partial charge is 0.354 e. The maximum atomic E-state index is 10.8. The Morgan fingerprint density at radius 1 is 1.61 bits per heavy atom. The Kier molecular flexibility index (Phi) is 4.15. The van der Waals surface area contributed by atoms with Gasteiger partial charge in [-0.2, -0.15) is 0 Å². The lowest BCUT2D eigenvalue weighted by Gasteiger charge is -2.14. The Hall–Kier alpha value is -1.62. The third-order valence-corrected chi connectivity index (χ3v) is 3.36. The van der Waals surface area contributed by atoms with Crippen LogP contribution in [-0.4, -0.2) is 47.1 Å². The highest BCUT2D eigenvalue weighted by molar-refractivity contribution is 5.85. The van der Waals surface area contributed by atoms with E-state index >= 15 is 0 Å². The molecule has 1 unspecified atom stereocenters. The number of carboxylic acids is 1. The van der Waals surface area contributed by atoms with Gasteiger partial charge in [-0.25, -0.2) is 9.78 Å². The molecule has 0 spiro atoms. The number of aromatic carboxylic acids is 1. The minimum atomic E-state index is -0.989. The van der Waals surface area contributed by atoms with Crippen LogP contribution >= 0.6 is 0 Å². The van der Waals surface area contributed by atoms with Crippen molar-refractivity contribution in [3.8, 4) is 0 Å². The molecule has 0 radical (unpaired) electrons. The maximum Gasteiger partial charge on any atom is 0.354 e. The number of aromatic nitrogens is 1. The molecule has 0 saturated carbocycles. The molecule has 2 rings (SSSR count). The number of nitrogens with one attached hydrogen (secondary N) is 1. The Morgan fingerprint density at radius 3 is 3.11 bits per heavy atom. The molecule has 1 aliphatic rings. The third-order valence-electron chi connectivity index (χ3n) is 3.36. The van der Waals surface area contributed by atoms with E-state index < -0.39 is 5.97 Å². The van der Waals surface area contributed by atoms with Crippen molar-refractivity contribution >= 4 is 11.8 Å². The number of carbonyl (C=O) groups is 1. The lowest BCUT2D eigenvalue weighted by molar-refractivity contribution is 0.0690. The predicted octanol–water partition coefficient (Wildman–Crippen LogP) is 1.53. The van der Waals surface area contributed by atoms with Crippen LogP contribution in [0.25, 0.3) is 0 Å². The molecule has 1 aromatic rings. The highest BCUT2D eigenvalue weighted by atomic mass is 16.4. The molecule has 0 amide bonds. The Balaban J connectivity index is 1.87. The summed E-state index contributed by atoms with van der Waals surface area (Å²) in [5.41, 5.74) is 0.0848. The Morgan fingerprint density at radius 2 is 2.44 bits per heavy atom. The van der Waals surface area contributed by atoms with Crippen molar-refractivity contribution in [2.45, 2.75) is 13.3 Å². The summed E-state index contributed by atoms with van der Waals surface area (Å²) in [5, 5.41) is 12.1. The summed E-state index contributed by atoms with van der Waals surface area (Å²) >= 11 is 0. The molecule has 2 heterocycles. The van der Waals surface area contributed by atoms with Gasteiger partial charge in [0.05, 0.1) is 0 Å². The van der Waals surface area contributed by atoms with Crippen LogP contribution in [0.15, 0.2) is 18.2 Å². The van der Waals surface area contributed by atoms with Gasteiger partial charge in [0.25, 0.3) is 0 Å². The second kappa shape index (κ2) is 5.82. The summed E-state index contributed by atoms with van der Waals surface area (Å²) in [7, 11) is 0. The Bertz CT molecular complexity index is 422. The number of anilines is 1. The van der Waals surface area contributed by atoms with Crippen molar-refractivity contribution in [1.29, 1.82) is 0 Å². The molecule has 1 aliphatic heterocycles. The van der Waals surface area contributed by atoms with Crippen LogP contribution in [0.2, 0.25) is 0 Å². The van der Waals surface area contributed by atoms with Crippen molar-refractivity contribution in [3.05, 3.63) is 23.9 Å². The molecule has 5 nitrogen and oxygen atoms in total. The lowest BCUT2D eigenvalue weighted by atomic mass is 10.1. The van der Waals surface area contributed by atoms with Crippen LogP contribution in [-0.2, 0) is 0 Å². The van der Waals surface area contributed by atoms with E-state index in [9.17, 15) is 4.79 Å². The van der Waals surface area contributed by atoms with Gasteiger partial charge in [0.2, 0.25) is 0 Å². The first kappa shape index (κ1) is 12.8. The van der Waals surface area contributed by atoms with Gasteiger partial charge in [0, 0.05) is 13.1 Å². The normalized spacial score (nSPS) is 19.9. The lowest BCUT2D eigenvalue weighted by Crippen LogP contribution is -2.22. The van der Waals surface area contributed by atoms with E-state index in [4.69, 9.17) is 5.11 Å². The molecule has 98 valence electrons. The van der Waals surface area contributed by atoms with E-state index in [0.29, 0.717) is 11.7 Å². The number of hydrogen-bond donors (Lipinski definition) is 2. The van der Waals surface area contributed by atoms with Gasteiger partial charge in [0.15, 0.2) is 5.69 Å². The molecule has 0 bridgehead atoms. The predicted molar refractivity (Wildman–Crippen MR) is 69.9 cm³/mol. The number of carboxylic acid groups (broad SMARTS) is 1. The van der Waals surface area contributed by atoms with E-state index in [2.05, 4.69) is 22.1 Å². The molecule has 0 aromatic carbocycles. The largest absolute Gasteiger partial charge is 0.477 e. The number of rotatable bonds is 5. The summed E-state index contributed by atoms with van der Waals surface area (Å²) in [6, 6.07) is 5.02. The molecule has 1 aromatic heterocycles. The first-order valence-corrected chi connectivity index (χ1v) is 6.35. The minimum absolute atomic E-state index is 0.0848. The fraction of sp³-hybridized carbons (Fsp3) is 0.538. The van der Waals surface area contributed by atoms with E-state index in [1.807, 2.05) is 0 Å². The van der Waals surface area contributed by atoms with Gasteiger partial charge in [0.1, 0.15) is 5.82 Å². The summed E-state index contributed by atoms with van der Waals surface area (Å²) in [6.07, 6.45) is 1.19. The molecular weight excluding hydrogens is 230 g/mol. The van der Waals surface area contributed by atoms with Crippen molar-refractivity contribution in [1.82, 2.24) is 9.88 Å². The van der Waals surface area contributed by atoms with E-state index in [0.717, 1.165) is 26.2 Å². The SMILES string of the molecule is CCN1CCC(CNc2cccc(C(=O)O)n2)C1. The van der Waals surface area contributed by atoms with Crippen LogP contribution in [0.4, 0.5) is 5.82 Å². The van der Waals surface area contributed by atoms with Crippen molar-refractivity contribution in [2.75, 3.05) is 31.5 Å². The van der Waals surface area contributed by atoms with Crippen LogP contribution < -0.4 is 5.32 Å². The number of pyridine rings is 1. The molecule has 18 heavy (non-hydrogen) atoms. The summed E-state index contributed by atoms with van der Waals surface area (Å²) in [5.74, 6) is 0.279. The van der Waals surface area contributed by atoms with Crippen LogP contribution in [0.1, 0.15) is 23.8 Å². The summed E-state index contributed by atoms with van der Waals surface area (Å²) < 4.78 is 0. The Labute approximate surface area is 107 Å². The zero-order valence-corrected chi connectivity index (χ0v) is 10.6. The molecule has 5 heteroatoms.